The van der Waals surface area contributed by atoms with Gasteiger partial charge >= 0.3 is 0 Å². The van der Waals surface area contributed by atoms with Crippen LogP contribution in [0.25, 0.3) is 0 Å². The molecular weight excluding hydrogens is 186 g/mol. The number of hydrogen-bond acceptors (Lipinski definition) is 3. The Bertz CT molecular complexity index is 193. The van der Waals surface area contributed by atoms with Gasteiger partial charge in [0.25, 0.3) is 0 Å². The number of aliphatic imine (C=N–C) groups is 1. The predicted molar refractivity (Wildman–Crippen MR) is 66.2 cm³/mol. The Hall–Kier alpha value is -0.730. The fourth-order valence-electron chi connectivity index (χ4n) is 2.15. The minimum absolute atomic E-state index is 0.957. The predicted octanol–water partition coefficient (Wildman–Crippen LogP) is 2.09. The molecule has 0 atom stereocenters. The molecule has 0 aliphatic carbocycles. The number of rotatable bonds is 1. The van der Waals surface area contributed by atoms with Gasteiger partial charge in [-0.1, -0.05) is 27.2 Å². The van der Waals surface area contributed by atoms with Crippen molar-refractivity contribution in [2.24, 2.45) is 10.9 Å². The van der Waals surface area contributed by atoms with Crippen LogP contribution in [0.3, 0.4) is 0 Å². The largest absolute Gasteiger partial charge is 0.354 e. The Morgan fingerprint density at radius 1 is 1.33 bits per heavy atom. The third-order valence-corrected chi connectivity index (χ3v) is 3.15. The van der Waals surface area contributed by atoms with Crippen molar-refractivity contribution in [3.63, 3.8) is 0 Å². The average molecular weight is 211 g/mol. The summed E-state index contributed by atoms with van der Waals surface area (Å²) in [4.78, 5) is 6.84. The molecule has 2 rings (SSSR count). The van der Waals surface area contributed by atoms with Crippen LogP contribution in [-0.2, 0) is 0 Å². The topological polar surface area (TPSA) is 27.6 Å². The summed E-state index contributed by atoms with van der Waals surface area (Å²) >= 11 is 0. The zero-order chi connectivity index (χ0) is 11.1. The smallest absolute Gasteiger partial charge is 0.194 e. The van der Waals surface area contributed by atoms with Crippen molar-refractivity contribution >= 4 is 5.96 Å². The number of hydrogen-bond donors (Lipinski definition) is 1. The Morgan fingerprint density at radius 2 is 2.00 bits per heavy atom. The molecule has 3 nitrogen and oxygen atoms in total. The second-order valence-electron chi connectivity index (χ2n) is 3.97. The molecule has 0 unspecified atom stereocenters. The van der Waals surface area contributed by atoms with Crippen LogP contribution < -0.4 is 5.32 Å². The Morgan fingerprint density at radius 3 is 2.47 bits per heavy atom. The van der Waals surface area contributed by atoms with Crippen molar-refractivity contribution in [2.75, 3.05) is 26.2 Å². The minimum atomic E-state index is 0.957. The van der Waals surface area contributed by atoms with Gasteiger partial charge in [0, 0.05) is 19.6 Å². The van der Waals surface area contributed by atoms with E-state index in [4.69, 9.17) is 0 Å². The van der Waals surface area contributed by atoms with Gasteiger partial charge in [-0.2, -0.15) is 0 Å². The fourth-order valence-corrected chi connectivity index (χ4v) is 2.15. The van der Waals surface area contributed by atoms with Gasteiger partial charge in [-0.3, -0.25) is 4.99 Å². The van der Waals surface area contributed by atoms with E-state index in [1.165, 1.54) is 32.4 Å². The van der Waals surface area contributed by atoms with Gasteiger partial charge in [0.2, 0.25) is 0 Å². The van der Waals surface area contributed by atoms with Crippen molar-refractivity contribution in [3.8, 4) is 0 Å². The van der Waals surface area contributed by atoms with Crippen LogP contribution in [0.15, 0.2) is 4.99 Å². The van der Waals surface area contributed by atoms with Crippen LogP contribution in [0, 0.1) is 5.92 Å². The zero-order valence-electron chi connectivity index (χ0n) is 10.4. The molecule has 0 aromatic rings. The molecule has 3 heteroatoms. The third-order valence-electron chi connectivity index (χ3n) is 3.15. The van der Waals surface area contributed by atoms with E-state index < -0.39 is 0 Å². The zero-order valence-corrected chi connectivity index (χ0v) is 10.4. The van der Waals surface area contributed by atoms with Gasteiger partial charge in [-0.05, 0) is 18.8 Å². The summed E-state index contributed by atoms with van der Waals surface area (Å²) in [7, 11) is 0. The van der Waals surface area contributed by atoms with E-state index in [-0.39, 0.29) is 0 Å². The van der Waals surface area contributed by atoms with Crippen LogP contribution in [0.4, 0.5) is 0 Å². The molecule has 0 aromatic heterocycles. The molecule has 88 valence electrons. The average Bonchev–Trinajstić information content (AvgIpc) is 2.85. The van der Waals surface area contributed by atoms with E-state index in [9.17, 15) is 0 Å². The molecule has 0 spiro atoms. The summed E-state index contributed by atoms with van der Waals surface area (Å²) < 4.78 is 0. The lowest BCUT2D eigenvalue weighted by Gasteiger charge is -2.32. The Balaban J connectivity index is 0.000000531. The van der Waals surface area contributed by atoms with Crippen molar-refractivity contribution in [1.29, 1.82) is 0 Å². The van der Waals surface area contributed by atoms with Crippen molar-refractivity contribution in [2.45, 2.75) is 40.0 Å². The molecule has 0 radical (unpaired) electrons. The number of nitrogens with one attached hydrogen (secondary N) is 1. The standard InChI is InChI=1S/C10H19N3.C2H6/c1-2-9-3-7-13(8-4-9)10-11-5-6-12-10;1-2/h9H,2-8H2,1H3,(H,11,12);1-2H3. The Labute approximate surface area is 94.0 Å². The molecule has 2 aliphatic rings. The van der Waals surface area contributed by atoms with Gasteiger partial charge < -0.3 is 10.2 Å². The number of piperidine rings is 1. The molecule has 1 fully saturated rings. The molecule has 1 saturated heterocycles. The van der Waals surface area contributed by atoms with Crippen LogP contribution >= 0.6 is 0 Å². The molecule has 0 aromatic carbocycles. The lowest BCUT2D eigenvalue weighted by Crippen LogP contribution is -2.43. The fraction of sp³-hybridized carbons (Fsp3) is 0.917. The number of likely N-dealkylation sites (tertiary alicyclic amines) is 1. The van der Waals surface area contributed by atoms with Crippen molar-refractivity contribution in [1.82, 2.24) is 10.2 Å². The summed E-state index contributed by atoms with van der Waals surface area (Å²) in [5.41, 5.74) is 0. The molecule has 15 heavy (non-hydrogen) atoms. The summed E-state index contributed by atoms with van der Waals surface area (Å²) in [6, 6.07) is 0. The second kappa shape index (κ2) is 6.70. The molecule has 0 saturated carbocycles. The number of guanidine groups is 1. The maximum atomic E-state index is 4.44. The first-order chi connectivity index (χ1) is 7.40. The van der Waals surface area contributed by atoms with Gasteiger partial charge in [0.15, 0.2) is 5.96 Å². The van der Waals surface area contributed by atoms with Gasteiger partial charge in [-0.15, -0.1) is 0 Å². The minimum Gasteiger partial charge on any atom is -0.354 e. The highest BCUT2D eigenvalue weighted by atomic mass is 15.3. The first-order valence-corrected chi connectivity index (χ1v) is 6.43. The summed E-state index contributed by atoms with van der Waals surface area (Å²) in [6.07, 6.45) is 4.03. The maximum Gasteiger partial charge on any atom is 0.194 e. The van der Waals surface area contributed by atoms with Gasteiger partial charge in [-0.25, -0.2) is 0 Å². The van der Waals surface area contributed by atoms with Crippen LogP contribution in [0.5, 0.6) is 0 Å². The monoisotopic (exact) mass is 211 g/mol. The highest BCUT2D eigenvalue weighted by molar-refractivity contribution is 5.81. The van der Waals surface area contributed by atoms with E-state index in [1.54, 1.807) is 0 Å². The lowest BCUT2D eigenvalue weighted by molar-refractivity contribution is 0.257. The lowest BCUT2D eigenvalue weighted by atomic mass is 9.95. The van der Waals surface area contributed by atoms with Crippen LogP contribution in [-0.4, -0.2) is 37.0 Å². The molecule has 0 amide bonds. The SMILES string of the molecule is CC.CCC1CCN(C2=NCCN2)CC1. The summed E-state index contributed by atoms with van der Waals surface area (Å²) in [6.45, 7) is 10.7. The first kappa shape index (κ1) is 12.3. The van der Waals surface area contributed by atoms with Crippen molar-refractivity contribution < 1.29 is 0 Å². The Kier molecular flexibility index (Phi) is 5.51. The van der Waals surface area contributed by atoms with E-state index in [0.717, 1.165) is 25.0 Å². The van der Waals surface area contributed by atoms with E-state index in [2.05, 4.69) is 22.1 Å². The molecular formula is C12H25N3. The van der Waals surface area contributed by atoms with Crippen molar-refractivity contribution in [3.05, 3.63) is 0 Å². The highest BCUT2D eigenvalue weighted by Gasteiger charge is 2.21. The number of nitrogens with zero attached hydrogens (tertiary/aromatic N) is 2. The second-order valence-corrected chi connectivity index (χ2v) is 3.97. The quantitative estimate of drug-likeness (QED) is 0.719. The van der Waals surface area contributed by atoms with E-state index >= 15 is 0 Å². The van der Waals surface area contributed by atoms with Crippen LogP contribution in [0.1, 0.15) is 40.0 Å². The van der Waals surface area contributed by atoms with E-state index in [0.29, 0.717) is 0 Å². The first-order valence-electron chi connectivity index (χ1n) is 6.43. The maximum absolute atomic E-state index is 4.44. The van der Waals surface area contributed by atoms with Gasteiger partial charge in [0.05, 0.1) is 6.54 Å². The molecule has 2 heterocycles. The summed E-state index contributed by atoms with van der Waals surface area (Å²) in [5.74, 6) is 2.10. The van der Waals surface area contributed by atoms with E-state index in [1.807, 2.05) is 13.8 Å². The molecule has 1 N–H and O–H groups in total. The highest BCUT2D eigenvalue weighted by Crippen LogP contribution is 2.20. The normalized spacial score (nSPS) is 21.5. The molecule has 0 bridgehead atoms. The van der Waals surface area contributed by atoms with Crippen LogP contribution in [0.2, 0.25) is 0 Å². The van der Waals surface area contributed by atoms with Gasteiger partial charge in [0.1, 0.15) is 0 Å². The molecule has 2 aliphatic heterocycles. The third kappa shape index (κ3) is 3.40. The summed E-state index contributed by atoms with van der Waals surface area (Å²) in [5, 5.41) is 3.34.